The van der Waals surface area contributed by atoms with E-state index in [1.165, 1.54) is 16.3 Å². The van der Waals surface area contributed by atoms with E-state index in [2.05, 4.69) is 10.1 Å². The molecule has 0 N–H and O–H groups in total. The second-order valence-electron chi connectivity index (χ2n) is 4.64. The molecule has 2 aromatic rings. The first kappa shape index (κ1) is 13.3. The third-order valence-electron chi connectivity index (χ3n) is 3.28. The van der Waals surface area contributed by atoms with Gasteiger partial charge in [0, 0.05) is 21.7 Å². The minimum atomic E-state index is -0.169. The molecule has 0 saturated carbocycles. The van der Waals surface area contributed by atoms with E-state index >= 15 is 0 Å². The monoisotopic (exact) mass is 305 g/mol. The van der Waals surface area contributed by atoms with Crippen LogP contribution in [0.4, 0.5) is 5.13 Å². The first-order valence-electron chi connectivity index (χ1n) is 6.17. The molecule has 4 nitrogen and oxygen atoms in total. The SMILES string of the molecule is CC1=NN(c2nc(-c3ccc(Cl)cc3)cs2)C(=O)C1C. The Morgan fingerprint density at radius 3 is 2.60 bits per heavy atom. The number of rotatable bonds is 2. The van der Waals surface area contributed by atoms with Crippen molar-refractivity contribution in [3.63, 3.8) is 0 Å². The highest BCUT2D eigenvalue weighted by Gasteiger charge is 2.32. The fourth-order valence-electron chi connectivity index (χ4n) is 1.91. The van der Waals surface area contributed by atoms with Crippen LogP contribution in [0.25, 0.3) is 11.3 Å². The molecule has 102 valence electrons. The average molecular weight is 306 g/mol. The normalized spacial score (nSPS) is 18.6. The Bertz CT molecular complexity index is 693. The molecule has 1 amide bonds. The first-order valence-corrected chi connectivity index (χ1v) is 7.42. The highest BCUT2D eigenvalue weighted by atomic mass is 35.5. The summed E-state index contributed by atoms with van der Waals surface area (Å²) in [5.41, 5.74) is 2.61. The lowest BCUT2D eigenvalue weighted by Gasteiger charge is -2.07. The van der Waals surface area contributed by atoms with Crippen molar-refractivity contribution in [1.82, 2.24) is 4.98 Å². The Morgan fingerprint density at radius 1 is 1.30 bits per heavy atom. The number of carbonyl (C=O) groups excluding carboxylic acids is 1. The number of carbonyl (C=O) groups is 1. The van der Waals surface area contributed by atoms with Gasteiger partial charge in [-0.05, 0) is 26.0 Å². The number of aromatic nitrogens is 1. The lowest BCUT2D eigenvalue weighted by atomic mass is 10.1. The maximum Gasteiger partial charge on any atom is 0.258 e. The number of hydrogen-bond acceptors (Lipinski definition) is 4. The number of halogens is 1. The second-order valence-corrected chi connectivity index (χ2v) is 5.91. The zero-order chi connectivity index (χ0) is 14.3. The van der Waals surface area contributed by atoms with Crippen molar-refractivity contribution in [2.24, 2.45) is 11.0 Å². The van der Waals surface area contributed by atoms with Gasteiger partial charge in [-0.3, -0.25) is 4.79 Å². The van der Waals surface area contributed by atoms with Crippen LogP contribution in [0, 0.1) is 5.92 Å². The Kier molecular flexibility index (Phi) is 3.31. The minimum Gasteiger partial charge on any atom is -0.272 e. The van der Waals surface area contributed by atoms with E-state index in [1.54, 1.807) is 0 Å². The van der Waals surface area contributed by atoms with E-state index in [-0.39, 0.29) is 11.8 Å². The molecule has 1 aliphatic rings. The predicted octanol–water partition coefficient (Wildman–Crippen LogP) is 3.82. The molecular formula is C14H12ClN3OS. The van der Waals surface area contributed by atoms with Gasteiger partial charge in [-0.2, -0.15) is 10.1 Å². The van der Waals surface area contributed by atoms with Crippen LogP contribution in [0.1, 0.15) is 13.8 Å². The minimum absolute atomic E-state index is 0.0282. The van der Waals surface area contributed by atoms with E-state index in [0.29, 0.717) is 10.2 Å². The van der Waals surface area contributed by atoms with Crippen LogP contribution < -0.4 is 5.01 Å². The van der Waals surface area contributed by atoms with Gasteiger partial charge < -0.3 is 0 Å². The first-order chi connectivity index (χ1) is 9.56. The van der Waals surface area contributed by atoms with E-state index < -0.39 is 0 Å². The van der Waals surface area contributed by atoms with Gasteiger partial charge in [0.25, 0.3) is 5.91 Å². The van der Waals surface area contributed by atoms with Crippen molar-refractivity contribution in [1.29, 1.82) is 0 Å². The van der Waals surface area contributed by atoms with Gasteiger partial charge in [-0.1, -0.05) is 23.7 Å². The summed E-state index contributed by atoms with van der Waals surface area (Å²) in [4.78, 5) is 16.6. The largest absolute Gasteiger partial charge is 0.272 e. The molecular weight excluding hydrogens is 294 g/mol. The summed E-state index contributed by atoms with van der Waals surface area (Å²) in [6.07, 6.45) is 0. The second kappa shape index (κ2) is 5.00. The molecule has 2 heterocycles. The average Bonchev–Trinajstić information content (AvgIpc) is 3.01. The Balaban J connectivity index is 1.91. The van der Waals surface area contributed by atoms with Gasteiger partial charge in [-0.15, -0.1) is 11.3 Å². The van der Waals surface area contributed by atoms with Crippen molar-refractivity contribution >= 4 is 39.7 Å². The van der Waals surface area contributed by atoms with Crippen LogP contribution in [-0.2, 0) is 4.79 Å². The van der Waals surface area contributed by atoms with Crippen LogP contribution in [0.3, 0.4) is 0 Å². The van der Waals surface area contributed by atoms with Crippen molar-refractivity contribution < 1.29 is 4.79 Å². The molecule has 1 unspecified atom stereocenters. The third-order valence-corrected chi connectivity index (χ3v) is 4.34. The highest BCUT2D eigenvalue weighted by Crippen LogP contribution is 2.31. The van der Waals surface area contributed by atoms with Crippen LogP contribution >= 0.6 is 22.9 Å². The summed E-state index contributed by atoms with van der Waals surface area (Å²) < 4.78 is 0. The van der Waals surface area contributed by atoms with Crippen LogP contribution in [0.15, 0.2) is 34.7 Å². The van der Waals surface area contributed by atoms with Crippen molar-refractivity contribution in [2.75, 3.05) is 5.01 Å². The number of benzene rings is 1. The number of nitrogens with zero attached hydrogens (tertiary/aromatic N) is 3. The van der Waals surface area contributed by atoms with Crippen LogP contribution in [-0.4, -0.2) is 16.6 Å². The number of amides is 1. The molecule has 0 spiro atoms. The molecule has 20 heavy (non-hydrogen) atoms. The topological polar surface area (TPSA) is 45.6 Å². The summed E-state index contributed by atoms with van der Waals surface area (Å²) in [6, 6.07) is 7.46. The molecule has 0 radical (unpaired) electrons. The summed E-state index contributed by atoms with van der Waals surface area (Å²) in [5.74, 6) is -0.197. The Morgan fingerprint density at radius 2 is 2.00 bits per heavy atom. The number of thiazole rings is 1. The maximum absolute atomic E-state index is 12.1. The van der Waals surface area contributed by atoms with Crippen LogP contribution in [0.2, 0.25) is 5.02 Å². The predicted molar refractivity (Wildman–Crippen MR) is 82.3 cm³/mol. The fourth-order valence-corrected chi connectivity index (χ4v) is 2.82. The van der Waals surface area contributed by atoms with Gasteiger partial charge in [0.05, 0.1) is 11.6 Å². The highest BCUT2D eigenvalue weighted by molar-refractivity contribution is 7.14. The summed E-state index contributed by atoms with van der Waals surface area (Å²) in [7, 11) is 0. The van der Waals surface area contributed by atoms with E-state index in [0.717, 1.165) is 17.0 Å². The number of hydrogen-bond donors (Lipinski definition) is 0. The fraction of sp³-hybridized carbons (Fsp3) is 0.214. The molecule has 0 bridgehead atoms. The zero-order valence-corrected chi connectivity index (χ0v) is 12.6. The quantitative estimate of drug-likeness (QED) is 0.846. The smallest absolute Gasteiger partial charge is 0.258 e. The zero-order valence-electron chi connectivity index (χ0n) is 11.0. The Hall–Kier alpha value is -1.72. The van der Waals surface area contributed by atoms with Gasteiger partial charge in [0.1, 0.15) is 0 Å². The van der Waals surface area contributed by atoms with Crippen molar-refractivity contribution in [3.05, 3.63) is 34.7 Å². The number of hydrazone groups is 1. The molecule has 3 rings (SSSR count). The van der Waals surface area contributed by atoms with Crippen LogP contribution in [0.5, 0.6) is 0 Å². The molecule has 0 saturated heterocycles. The summed E-state index contributed by atoms with van der Waals surface area (Å²) in [5, 5.41) is 8.87. The van der Waals surface area contributed by atoms with E-state index in [1.807, 2.05) is 43.5 Å². The molecule has 1 aromatic carbocycles. The van der Waals surface area contributed by atoms with E-state index in [4.69, 9.17) is 11.6 Å². The molecule has 1 aliphatic heterocycles. The molecule has 1 aromatic heterocycles. The third kappa shape index (κ3) is 2.23. The molecule has 6 heteroatoms. The van der Waals surface area contributed by atoms with Gasteiger partial charge in [0.2, 0.25) is 5.13 Å². The maximum atomic E-state index is 12.1. The lowest BCUT2D eigenvalue weighted by molar-refractivity contribution is -0.119. The number of anilines is 1. The van der Waals surface area contributed by atoms with Gasteiger partial charge in [0.15, 0.2) is 0 Å². The summed E-state index contributed by atoms with van der Waals surface area (Å²) in [6.45, 7) is 3.71. The van der Waals surface area contributed by atoms with Crippen molar-refractivity contribution in [3.8, 4) is 11.3 Å². The molecule has 0 aliphatic carbocycles. The van der Waals surface area contributed by atoms with Crippen molar-refractivity contribution in [2.45, 2.75) is 13.8 Å². The Labute approximate surface area is 125 Å². The van der Waals surface area contributed by atoms with E-state index in [9.17, 15) is 4.79 Å². The summed E-state index contributed by atoms with van der Waals surface area (Å²) >= 11 is 7.28. The standard InChI is InChI=1S/C14H12ClN3OS/c1-8-9(2)17-18(13(8)19)14-16-12(7-20-14)10-3-5-11(15)6-4-10/h3-8H,1-2H3. The molecule has 1 atom stereocenters. The van der Waals surface area contributed by atoms with Gasteiger partial charge >= 0.3 is 0 Å². The lowest BCUT2D eigenvalue weighted by Crippen LogP contribution is -2.24. The molecule has 0 fully saturated rings. The van der Waals surface area contributed by atoms with Gasteiger partial charge in [-0.25, -0.2) is 4.98 Å².